The number of anilines is 1. The number of nitrogens with one attached hydrogen (secondary N) is 1. The molecule has 0 aromatic carbocycles. The largest absolute Gasteiger partial charge is 0.369 e. The van der Waals surface area contributed by atoms with Gasteiger partial charge in [0.1, 0.15) is 22.4 Å². The Balaban J connectivity index is 2.39. The van der Waals surface area contributed by atoms with Crippen molar-refractivity contribution >= 4 is 21.7 Å². The number of imidazole rings is 1. The molecule has 2 aromatic heterocycles. The molecule has 2 aromatic rings. The molecule has 0 aliphatic heterocycles. The van der Waals surface area contributed by atoms with Crippen LogP contribution in [0.15, 0.2) is 23.2 Å². The Kier molecular flexibility index (Phi) is 3.73. The van der Waals surface area contributed by atoms with E-state index in [-0.39, 0.29) is 0 Å². The second-order valence-corrected chi connectivity index (χ2v) is 4.42. The van der Waals surface area contributed by atoms with Crippen LogP contribution in [0.3, 0.4) is 0 Å². The third kappa shape index (κ3) is 2.46. The van der Waals surface area contributed by atoms with Crippen molar-refractivity contribution in [2.75, 3.05) is 11.9 Å². The molecule has 2 rings (SSSR count). The molecule has 0 atom stereocenters. The van der Waals surface area contributed by atoms with Crippen LogP contribution in [-0.2, 0) is 0 Å². The molecule has 6 heteroatoms. The molecule has 1 N–H and O–H groups in total. The molecule has 0 fully saturated rings. The van der Waals surface area contributed by atoms with Gasteiger partial charge in [0.2, 0.25) is 0 Å². The predicted octanol–water partition coefficient (Wildman–Crippen LogP) is 2.56. The van der Waals surface area contributed by atoms with Gasteiger partial charge in [-0.1, -0.05) is 6.92 Å². The molecule has 0 saturated heterocycles. The van der Waals surface area contributed by atoms with Gasteiger partial charge in [0, 0.05) is 18.9 Å². The summed E-state index contributed by atoms with van der Waals surface area (Å²) >= 11 is 3.53. The fourth-order valence-corrected chi connectivity index (χ4v) is 2.03. The minimum atomic E-state index is 0.800. The number of aryl methyl sites for hydroxylation is 1. The van der Waals surface area contributed by atoms with E-state index in [1.54, 1.807) is 12.5 Å². The van der Waals surface area contributed by atoms with Crippen molar-refractivity contribution in [1.29, 1.82) is 0 Å². The van der Waals surface area contributed by atoms with Gasteiger partial charge in [-0.3, -0.25) is 4.57 Å². The minimum Gasteiger partial charge on any atom is -0.369 e. The van der Waals surface area contributed by atoms with Crippen LogP contribution in [0.25, 0.3) is 5.82 Å². The molecule has 0 aliphatic carbocycles. The Labute approximate surface area is 108 Å². The zero-order valence-electron chi connectivity index (χ0n) is 9.81. The lowest BCUT2D eigenvalue weighted by molar-refractivity contribution is 0.903. The van der Waals surface area contributed by atoms with Gasteiger partial charge in [-0.15, -0.1) is 0 Å². The van der Waals surface area contributed by atoms with Crippen LogP contribution in [0.4, 0.5) is 5.82 Å². The van der Waals surface area contributed by atoms with E-state index in [9.17, 15) is 0 Å². The van der Waals surface area contributed by atoms with Gasteiger partial charge in [-0.25, -0.2) is 15.0 Å². The normalized spacial score (nSPS) is 10.5. The molecule has 17 heavy (non-hydrogen) atoms. The van der Waals surface area contributed by atoms with Crippen molar-refractivity contribution in [1.82, 2.24) is 19.5 Å². The SMILES string of the molecule is CCCNc1ncnc(-n2ccnc2C)c1Br. The molecule has 2 heterocycles. The number of hydrogen-bond acceptors (Lipinski definition) is 4. The summed E-state index contributed by atoms with van der Waals surface area (Å²) in [7, 11) is 0. The van der Waals surface area contributed by atoms with Crippen molar-refractivity contribution in [3.8, 4) is 5.82 Å². The summed E-state index contributed by atoms with van der Waals surface area (Å²) in [6.45, 7) is 4.94. The van der Waals surface area contributed by atoms with Gasteiger partial charge in [-0.2, -0.15) is 0 Å². The summed E-state index contributed by atoms with van der Waals surface area (Å²) in [6.07, 6.45) is 6.24. The monoisotopic (exact) mass is 295 g/mol. The van der Waals surface area contributed by atoms with Crippen LogP contribution in [-0.4, -0.2) is 26.1 Å². The minimum absolute atomic E-state index is 0.800. The summed E-state index contributed by atoms with van der Waals surface area (Å²) in [4.78, 5) is 12.7. The van der Waals surface area contributed by atoms with Crippen molar-refractivity contribution < 1.29 is 0 Å². The maximum absolute atomic E-state index is 4.28. The quantitative estimate of drug-likeness (QED) is 0.942. The highest BCUT2D eigenvalue weighted by molar-refractivity contribution is 9.10. The number of halogens is 1. The highest BCUT2D eigenvalue weighted by Gasteiger charge is 2.11. The Hall–Kier alpha value is -1.43. The maximum Gasteiger partial charge on any atom is 0.158 e. The van der Waals surface area contributed by atoms with Gasteiger partial charge in [0.05, 0.1) is 0 Å². The smallest absolute Gasteiger partial charge is 0.158 e. The van der Waals surface area contributed by atoms with Crippen LogP contribution < -0.4 is 5.32 Å². The first-order chi connectivity index (χ1) is 8.24. The summed E-state index contributed by atoms with van der Waals surface area (Å²) in [5.74, 6) is 2.50. The van der Waals surface area contributed by atoms with E-state index in [0.717, 1.165) is 34.9 Å². The standard InChI is InChI=1S/C11H14BrN5/c1-3-4-14-10-9(12)11(16-7-15-10)17-6-5-13-8(17)2/h5-7H,3-4H2,1-2H3,(H,14,15,16). The Morgan fingerprint density at radius 3 is 2.82 bits per heavy atom. The molecule has 90 valence electrons. The van der Waals surface area contributed by atoms with Crippen molar-refractivity contribution in [2.45, 2.75) is 20.3 Å². The van der Waals surface area contributed by atoms with E-state index in [0.29, 0.717) is 0 Å². The van der Waals surface area contributed by atoms with Crippen LogP contribution in [0.5, 0.6) is 0 Å². The van der Waals surface area contributed by atoms with Gasteiger partial charge >= 0.3 is 0 Å². The first-order valence-corrected chi connectivity index (χ1v) is 6.28. The Morgan fingerprint density at radius 2 is 2.18 bits per heavy atom. The van der Waals surface area contributed by atoms with E-state index in [1.165, 1.54) is 0 Å². The lowest BCUT2D eigenvalue weighted by Crippen LogP contribution is -2.07. The average molecular weight is 296 g/mol. The van der Waals surface area contributed by atoms with Gasteiger partial charge in [-0.05, 0) is 29.3 Å². The molecule has 0 aliphatic rings. The lowest BCUT2D eigenvalue weighted by atomic mass is 10.4. The Bertz CT molecular complexity index is 508. The molecule has 0 amide bonds. The Morgan fingerprint density at radius 1 is 1.35 bits per heavy atom. The fraction of sp³-hybridized carbons (Fsp3) is 0.364. The van der Waals surface area contributed by atoms with Crippen molar-refractivity contribution in [3.05, 3.63) is 29.0 Å². The van der Waals surface area contributed by atoms with Gasteiger partial charge in [0.25, 0.3) is 0 Å². The summed E-state index contributed by atoms with van der Waals surface area (Å²) in [6, 6.07) is 0. The summed E-state index contributed by atoms with van der Waals surface area (Å²) in [5, 5.41) is 3.25. The second kappa shape index (κ2) is 5.27. The highest BCUT2D eigenvalue weighted by Crippen LogP contribution is 2.25. The third-order valence-electron chi connectivity index (χ3n) is 2.37. The zero-order valence-corrected chi connectivity index (χ0v) is 11.4. The van der Waals surface area contributed by atoms with E-state index in [4.69, 9.17) is 0 Å². The zero-order chi connectivity index (χ0) is 12.3. The molecule has 5 nitrogen and oxygen atoms in total. The molecule has 0 saturated carbocycles. The maximum atomic E-state index is 4.28. The van der Waals surface area contributed by atoms with Crippen molar-refractivity contribution in [3.63, 3.8) is 0 Å². The topological polar surface area (TPSA) is 55.6 Å². The van der Waals surface area contributed by atoms with E-state index in [1.807, 2.05) is 17.7 Å². The first-order valence-electron chi connectivity index (χ1n) is 5.48. The molecule has 0 unspecified atom stereocenters. The summed E-state index contributed by atoms with van der Waals surface area (Å²) in [5.41, 5.74) is 0. The lowest BCUT2D eigenvalue weighted by Gasteiger charge is -2.10. The van der Waals surface area contributed by atoms with E-state index in [2.05, 4.69) is 43.1 Å². The van der Waals surface area contributed by atoms with Crippen molar-refractivity contribution in [2.24, 2.45) is 0 Å². The number of nitrogens with zero attached hydrogens (tertiary/aromatic N) is 4. The fourth-order valence-electron chi connectivity index (χ4n) is 1.50. The highest BCUT2D eigenvalue weighted by atomic mass is 79.9. The number of hydrogen-bond donors (Lipinski definition) is 1. The number of aromatic nitrogens is 4. The van der Waals surface area contributed by atoms with Gasteiger partial charge in [0.15, 0.2) is 5.82 Å². The third-order valence-corrected chi connectivity index (χ3v) is 3.10. The van der Waals surface area contributed by atoms with Crippen LogP contribution in [0.2, 0.25) is 0 Å². The van der Waals surface area contributed by atoms with Crippen LogP contribution >= 0.6 is 15.9 Å². The molecule has 0 spiro atoms. The molecule has 0 radical (unpaired) electrons. The van der Waals surface area contributed by atoms with Gasteiger partial charge < -0.3 is 5.32 Å². The average Bonchev–Trinajstić information content (AvgIpc) is 2.74. The van der Waals surface area contributed by atoms with Crippen LogP contribution in [0.1, 0.15) is 19.2 Å². The molecular formula is C11H14BrN5. The second-order valence-electron chi connectivity index (χ2n) is 3.63. The summed E-state index contributed by atoms with van der Waals surface area (Å²) < 4.78 is 2.78. The first kappa shape index (κ1) is 12.0. The van der Waals surface area contributed by atoms with Crippen LogP contribution in [0, 0.1) is 6.92 Å². The number of rotatable bonds is 4. The molecular weight excluding hydrogens is 282 g/mol. The predicted molar refractivity (Wildman–Crippen MR) is 70.4 cm³/mol. The van der Waals surface area contributed by atoms with E-state index >= 15 is 0 Å². The molecule has 0 bridgehead atoms. The van der Waals surface area contributed by atoms with E-state index < -0.39 is 0 Å².